The van der Waals surface area contributed by atoms with Crippen LogP contribution in [0.15, 0.2) is 42.9 Å². The van der Waals surface area contributed by atoms with E-state index in [1.54, 1.807) is 30.3 Å². The number of benzene rings is 1. The lowest BCUT2D eigenvalue weighted by Gasteiger charge is -2.25. The van der Waals surface area contributed by atoms with Crippen LogP contribution in [0.2, 0.25) is 0 Å². The lowest BCUT2D eigenvalue weighted by Crippen LogP contribution is -2.57. The third-order valence-electron chi connectivity index (χ3n) is 5.82. The minimum atomic E-state index is -1.53. The van der Waals surface area contributed by atoms with Crippen LogP contribution in [0.1, 0.15) is 36.9 Å². The standard InChI is InChI=1S/C25H35N7O7/c26-9-5-4-8-18(23(36)32-20(25(38)39)10-15-6-2-1-3-7-15)30-24(37)19(12-21(33)34)31-22(35)17(27)11-16-13-28-14-29-16/h1-3,6-7,13-14,17-20H,4-5,8-12,26-27H2,(H,28,29)(H,30,37)(H,31,35)(H,32,36)(H,33,34)(H,38,39). The highest BCUT2D eigenvalue weighted by atomic mass is 16.4. The van der Waals surface area contributed by atoms with Gasteiger partial charge in [-0.05, 0) is 31.4 Å². The van der Waals surface area contributed by atoms with Crippen molar-refractivity contribution in [2.24, 2.45) is 11.5 Å². The molecule has 0 saturated heterocycles. The monoisotopic (exact) mass is 545 g/mol. The molecule has 1 heterocycles. The molecule has 0 aliphatic heterocycles. The van der Waals surface area contributed by atoms with Crippen molar-refractivity contribution in [3.8, 4) is 0 Å². The van der Waals surface area contributed by atoms with Crippen molar-refractivity contribution >= 4 is 29.7 Å². The number of carbonyl (C=O) groups excluding carboxylic acids is 3. The van der Waals surface area contributed by atoms with Crippen molar-refractivity contribution in [2.75, 3.05) is 6.54 Å². The molecule has 0 spiro atoms. The predicted molar refractivity (Wildman–Crippen MR) is 139 cm³/mol. The first-order valence-electron chi connectivity index (χ1n) is 12.4. The molecule has 0 aliphatic carbocycles. The van der Waals surface area contributed by atoms with Crippen molar-refractivity contribution < 1.29 is 34.2 Å². The number of carboxylic acid groups (broad SMARTS) is 2. The number of aromatic nitrogens is 2. The minimum absolute atomic E-state index is 0.0112. The van der Waals surface area contributed by atoms with Crippen molar-refractivity contribution in [1.82, 2.24) is 25.9 Å². The second kappa shape index (κ2) is 15.8. The van der Waals surface area contributed by atoms with Crippen LogP contribution in [-0.4, -0.2) is 80.6 Å². The van der Waals surface area contributed by atoms with Crippen LogP contribution in [0.3, 0.4) is 0 Å². The lowest BCUT2D eigenvalue weighted by atomic mass is 10.0. The molecule has 39 heavy (non-hydrogen) atoms. The Morgan fingerprint density at radius 3 is 2.10 bits per heavy atom. The summed E-state index contributed by atoms with van der Waals surface area (Å²) in [6, 6.07) is 3.58. The Morgan fingerprint density at radius 2 is 1.51 bits per heavy atom. The molecule has 0 aliphatic rings. The van der Waals surface area contributed by atoms with Crippen LogP contribution in [-0.2, 0) is 36.8 Å². The van der Waals surface area contributed by atoms with Gasteiger partial charge in [0.15, 0.2) is 0 Å². The first-order chi connectivity index (χ1) is 18.6. The van der Waals surface area contributed by atoms with Gasteiger partial charge in [-0.15, -0.1) is 0 Å². The number of carboxylic acids is 2. The number of nitrogens with one attached hydrogen (secondary N) is 4. The fourth-order valence-corrected chi connectivity index (χ4v) is 3.74. The number of hydrogen-bond donors (Lipinski definition) is 8. The number of hydrogen-bond acceptors (Lipinski definition) is 8. The van der Waals surface area contributed by atoms with E-state index in [9.17, 15) is 34.2 Å². The molecular weight excluding hydrogens is 510 g/mol. The highest BCUT2D eigenvalue weighted by molar-refractivity contribution is 5.95. The molecule has 0 saturated carbocycles. The molecule has 4 atom stereocenters. The normalized spacial score (nSPS) is 13.9. The maximum absolute atomic E-state index is 13.1. The van der Waals surface area contributed by atoms with Gasteiger partial charge in [-0.3, -0.25) is 19.2 Å². The van der Waals surface area contributed by atoms with E-state index in [-0.39, 0.29) is 19.3 Å². The molecule has 0 fully saturated rings. The smallest absolute Gasteiger partial charge is 0.326 e. The van der Waals surface area contributed by atoms with Crippen LogP contribution in [0.5, 0.6) is 0 Å². The number of aliphatic carboxylic acids is 2. The number of imidazole rings is 1. The summed E-state index contributed by atoms with van der Waals surface area (Å²) >= 11 is 0. The Hall–Kier alpha value is -4.30. The molecule has 3 amide bonds. The summed E-state index contributed by atoms with van der Waals surface area (Å²) in [6.45, 7) is 0.333. The van der Waals surface area contributed by atoms with E-state index in [1.807, 2.05) is 0 Å². The number of unbranched alkanes of at least 4 members (excludes halogenated alkanes) is 1. The number of amides is 3. The van der Waals surface area contributed by atoms with Crippen LogP contribution >= 0.6 is 0 Å². The Balaban J connectivity index is 2.12. The zero-order valence-electron chi connectivity index (χ0n) is 21.3. The summed E-state index contributed by atoms with van der Waals surface area (Å²) in [5.74, 6) is -5.09. The predicted octanol–water partition coefficient (Wildman–Crippen LogP) is -1.34. The maximum atomic E-state index is 13.1. The highest BCUT2D eigenvalue weighted by Gasteiger charge is 2.31. The number of carbonyl (C=O) groups is 5. The average Bonchev–Trinajstić information content (AvgIpc) is 3.40. The zero-order chi connectivity index (χ0) is 28.8. The summed E-state index contributed by atoms with van der Waals surface area (Å²) < 4.78 is 0. The van der Waals surface area contributed by atoms with Gasteiger partial charge in [0.2, 0.25) is 17.7 Å². The molecule has 0 bridgehead atoms. The van der Waals surface area contributed by atoms with Crippen molar-refractivity contribution in [2.45, 2.75) is 62.7 Å². The van der Waals surface area contributed by atoms with Crippen molar-refractivity contribution in [3.05, 3.63) is 54.1 Å². The van der Waals surface area contributed by atoms with Crippen molar-refractivity contribution in [3.63, 3.8) is 0 Å². The fraction of sp³-hybridized carbons (Fsp3) is 0.440. The summed E-state index contributed by atoms with van der Waals surface area (Å²) in [5, 5.41) is 26.2. The molecular formula is C25H35N7O7. The van der Waals surface area contributed by atoms with E-state index in [2.05, 4.69) is 25.9 Å². The average molecular weight is 546 g/mol. The Labute approximate surface area is 224 Å². The van der Waals surface area contributed by atoms with Gasteiger partial charge in [-0.1, -0.05) is 30.3 Å². The summed E-state index contributed by atoms with van der Waals surface area (Å²) in [4.78, 5) is 68.6. The summed E-state index contributed by atoms with van der Waals surface area (Å²) in [7, 11) is 0. The fourth-order valence-electron chi connectivity index (χ4n) is 3.74. The quantitative estimate of drug-likeness (QED) is 0.109. The number of nitrogens with zero attached hydrogens (tertiary/aromatic N) is 1. The SMILES string of the molecule is NCCCCC(NC(=O)C(CC(=O)O)NC(=O)C(N)Cc1cnc[nH]1)C(=O)NC(Cc1ccccc1)C(=O)O. The molecule has 14 heteroatoms. The second-order valence-electron chi connectivity index (χ2n) is 8.98. The third-order valence-corrected chi connectivity index (χ3v) is 5.82. The molecule has 2 aromatic rings. The largest absolute Gasteiger partial charge is 0.481 e. The molecule has 0 radical (unpaired) electrons. The van der Waals surface area contributed by atoms with Gasteiger partial charge in [0.25, 0.3) is 0 Å². The van der Waals surface area contributed by atoms with E-state index in [4.69, 9.17) is 11.5 Å². The first kappa shape index (κ1) is 30.9. The molecule has 14 nitrogen and oxygen atoms in total. The van der Waals surface area contributed by atoms with E-state index in [1.165, 1.54) is 12.5 Å². The Bertz CT molecular complexity index is 1100. The number of aromatic amines is 1. The maximum Gasteiger partial charge on any atom is 0.326 e. The molecule has 4 unspecified atom stereocenters. The molecule has 10 N–H and O–H groups in total. The number of H-pyrrole nitrogens is 1. The lowest BCUT2D eigenvalue weighted by molar-refractivity contribution is -0.143. The molecule has 2 rings (SSSR count). The topological polar surface area (TPSA) is 243 Å². The molecule has 212 valence electrons. The van der Waals surface area contributed by atoms with Gasteiger partial charge in [-0.2, -0.15) is 0 Å². The summed E-state index contributed by atoms with van der Waals surface area (Å²) in [6.07, 6.45) is 3.26. The highest BCUT2D eigenvalue weighted by Crippen LogP contribution is 2.07. The van der Waals surface area contributed by atoms with Gasteiger partial charge in [0.1, 0.15) is 18.1 Å². The zero-order valence-corrected chi connectivity index (χ0v) is 21.3. The van der Waals surface area contributed by atoms with Crippen molar-refractivity contribution in [1.29, 1.82) is 0 Å². The van der Waals surface area contributed by atoms with Gasteiger partial charge < -0.3 is 42.6 Å². The van der Waals surface area contributed by atoms with Crippen LogP contribution in [0.25, 0.3) is 0 Å². The van der Waals surface area contributed by atoms with Gasteiger partial charge in [0.05, 0.1) is 18.8 Å². The van der Waals surface area contributed by atoms with Gasteiger partial charge >= 0.3 is 11.9 Å². The van der Waals surface area contributed by atoms with Crippen LogP contribution in [0.4, 0.5) is 0 Å². The van der Waals surface area contributed by atoms with Crippen LogP contribution in [0, 0.1) is 0 Å². The van der Waals surface area contributed by atoms with E-state index in [0.717, 1.165) is 0 Å². The van der Waals surface area contributed by atoms with Crippen LogP contribution < -0.4 is 27.4 Å². The van der Waals surface area contributed by atoms with E-state index >= 15 is 0 Å². The number of nitrogens with two attached hydrogens (primary N) is 2. The van der Waals surface area contributed by atoms with E-state index in [0.29, 0.717) is 30.6 Å². The summed E-state index contributed by atoms with van der Waals surface area (Å²) in [5.41, 5.74) is 12.7. The molecule has 1 aromatic heterocycles. The third kappa shape index (κ3) is 10.9. The number of rotatable bonds is 17. The second-order valence-corrected chi connectivity index (χ2v) is 8.98. The van der Waals surface area contributed by atoms with Gasteiger partial charge in [0, 0.05) is 24.7 Å². The van der Waals surface area contributed by atoms with E-state index < -0.39 is 60.2 Å². The Kier molecular flexibility index (Phi) is 12.6. The first-order valence-corrected chi connectivity index (χ1v) is 12.4. The molecule has 1 aromatic carbocycles. The Morgan fingerprint density at radius 1 is 0.872 bits per heavy atom. The van der Waals surface area contributed by atoms with Gasteiger partial charge in [-0.25, -0.2) is 9.78 Å². The minimum Gasteiger partial charge on any atom is -0.481 e.